The van der Waals surface area contributed by atoms with Crippen molar-refractivity contribution in [1.29, 1.82) is 0 Å². The van der Waals surface area contributed by atoms with Crippen LogP contribution in [0.1, 0.15) is 61.3 Å². The number of carbonyl (C=O) groups excluding carboxylic acids is 1. The molecule has 0 aromatic heterocycles. The van der Waals surface area contributed by atoms with Crippen LogP contribution in [0.15, 0.2) is 0 Å². The van der Waals surface area contributed by atoms with E-state index < -0.39 is 0 Å². The van der Waals surface area contributed by atoms with Crippen LogP contribution in [0, 0.1) is 16.7 Å². The number of Topliss-reactive ketones (excluding diaryl/α,β-unsaturated/α-hetero) is 1. The van der Waals surface area contributed by atoms with Crippen LogP contribution in [0.5, 0.6) is 0 Å². The first-order chi connectivity index (χ1) is 6.11. The van der Waals surface area contributed by atoms with Gasteiger partial charge in [-0.1, -0.05) is 48.5 Å². The molecule has 14 heavy (non-hydrogen) atoms. The number of hydrogen-bond donors (Lipinski definition) is 0. The quantitative estimate of drug-likeness (QED) is 0.665. The van der Waals surface area contributed by atoms with Crippen molar-refractivity contribution in [2.45, 2.75) is 61.3 Å². The third-order valence-electron chi connectivity index (χ3n) is 3.19. The van der Waals surface area contributed by atoms with Gasteiger partial charge in [-0.3, -0.25) is 4.79 Å². The van der Waals surface area contributed by atoms with Crippen LogP contribution in [0.25, 0.3) is 0 Å². The normalized spacial score (nSPS) is 15.4. The fourth-order valence-corrected chi connectivity index (χ4v) is 1.90. The molecule has 0 aliphatic heterocycles. The molecule has 0 aliphatic rings. The second-order valence-corrected chi connectivity index (χ2v) is 6.16. The SMILES string of the molecule is CCC(=O)C(C)(C)C(C)CC(C)(C)C. The van der Waals surface area contributed by atoms with E-state index in [1.165, 1.54) is 0 Å². The number of rotatable bonds is 4. The van der Waals surface area contributed by atoms with Crippen molar-refractivity contribution in [3.05, 3.63) is 0 Å². The molecule has 0 heterocycles. The van der Waals surface area contributed by atoms with Crippen molar-refractivity contribution in [2.24, 2.45) is 16.7 Å². The molecule has 1 nitrogen and oxygen atoms in total. The summed E-state index contributed by atoms with van der Waals surface area (Å²) in [5.74, 6) is 0.837. The molecule has 0 rings (SSSR count). The van der Waals surface area contributed by atoms with Gasteiger partial charge in [0.1, 0.15) is 5.78 Å². The summed E-state index contributed by atoms with van der Waals surface area (Å²) >= 11 is 0. The molecule has 0 radical (unpaired) electrons. The average Bonchev–Trinajstić information content (AvgIpc) is 1.99. The zero-order valence-electron chi connectivity index (χ0n) is 10.9. The van der Waals surface area contributed by atoms with Crippen molar-refractivity contribution in [2.75, 3.05) is 0 Å². The highest BCUT2D eigenvalue weighted by Crippen LogP contribution is 2.37. The molecule has 0 amide bonds. The Labute approximate surface area is 89.3 Å². The summed E-state index contributed by atoms with van der Waals surface area (Å²) in [6, 6.07) is 0. The maximum atomic E-state index is 11.8. The van der Waals surface area contributed by atoms with Crippen molar-refractivity contribution in [3.8, 4) is 0 Å². The lowest BCUT2D eigenvalue weighted by Gasteiger charge is -2.34. The van der Waals surface area contributed by atoms with Gasteiger partial charge < -0.3 is 0 Å². The molecular formula is C13H26O. The lowest BCUT2D eigenvalue weighted by Crippen LogP contribution is -2.33. The van der Waals surface area contributed by atoms with Gasteiger partial charge >= 0.3 is 0 Å². The Morgan fingerprint density at radius 1 is 1.14 bits per heavy atom. The van der Waals surface area contributed by atoms with Gasteiger partial charge in [0.05, 0.1) is 0 Å². The van der Waals surface area contributed by atoms with E-state index >= 15 is 0 Å². The van der Waals surface area contributed by atoms with Gasteiger partial charge in [-0.15, -0.1) is 0 Å². The van der Waals surface area contributed by atoms with Crippen LogP contribution in [0.4, 0.5) is 0 Å². The van der Waals surface area contributed by atoms with Crippen molar-refractivity contribution < 1.29 is 4.79 Å². The van der Waals surface area contributed by atoms with E-state index in [1.54, 1.807) is 0 Å². The van der Waals surface area contributed by atoms with Crippen molar-refractivity contribution >= 4 is 5.78 Å². The molecule has 0 aliphatic carbocycles. The first-order valence-corrected chi connectivity index (χ1v) is 5.64. The van der Waals surface area contributed by atoms with E-state index in [9.17, 15) is 4.79 Å². The molecule has 0 N–H and O–H groups in total. The molecular weight excluding hydrogens is 172 g/mol. The van der Waals surface area contributed by atoms with Gasteiger partial charge in [0.15, 0.2) is 0 Å². The first-order valence-electron chi connectivity index (χ1n) is 5.64. The maximum Gasteiger partial charge on any atom is 0.138 e. The fourth-order valence-electron chi connectivity index (χ4n) is 1.90. The van der Waals surface area contributed by atoms with Crippen LogP contribution in [-0.2, 0) is 4.79 Å². The Kier molecular flexibility index (Phi) is 4.35. The summed E-state index contributed by atoms with van der Waals surface area (Å²) in [4.78, 5) is 11.8. The molecule has 0 fully saturated rings. The standard InChI is InChI=1S/C13H26O/c1-8-11(14)13(6,7)10(2)9-12(3,4)5/h10H,8-9H2,1-7H3. The minimum atomic E-state index is -0.165. The van der Waals surface area contributed by atoms with Gasteiger partial charge in [-0.05, 0) is 17.8 Å². The monoisotopic (exact) mass is 198 g/mol. The molecule has 1 unspecified atom stereocenters. The Morgan fingerprint density at radius 3 is 1.86 bits per heavy atom. The summed E-state index contributed by atoms with van der Waals surface area (Å²) in [6.45, 7) is 15.0. The van der Waals surface area contributed by atoms with E-state index in [4.69, 9.17) is 0 Å². The minimum Gasteiger partial charge on any atom is -0.299 e. The molecule has 0 saturated heterocycles. The molecule has 0 saturated carbocycles. The highest BCUT2D eigenvalue weighted by atomic mass is 16.1. The molecule has 0 aromatic rings. The summed E-state index contributed by atoms with van der Waals surface area (Å²) in [5.41, 5.74) is 0.146. The molecule has 84 valence electrons. The molecule has 0 aromatic carbocycles. The fraction of sp³-hybridized carbons (Fsp3) is 0.923. The number of hydrogen-bond acceptors (Lipinski definition) is 1. The van der Waals surface area contributed by atoms with E-state index in [1.807, 2.05) is 6.92 Å². The minimum absolute atomic E-state index is 0.165. The van der Waals surface area contributed by atoms with E-state index in [0.717, 1.165) is 6.42 Å². The second kappa shape index (κ2) is 4.46. The van der Waals surface area contributed by atoms with Crippen LogP contribution < -0.4 is 0 Å². The van der Waals surface area contributed by atoms with E-state index in [0.29, 0.717) is 23.5 Å². The zero-order valence-corrected chi connectivity index (χ0v) is 10.9. The summed E-state index contributed by atoms with van der Waals surface area (Å²) in [5, 5.41) is 0. The van der Waals surface area contributed by atoms with Crippen LogP contribution in [0.2, 0.25) is 0 Å². The molecule has 1 atom stereocenters. The average molecular weight is 198 g/mol. The van der Waals surface area contributed by atoms with E-state index in [-0.39, 0.29) is 5.41 Å². The van der Waals surface area contributed by atoms with Gasteiger partial charge in [0.25, 0.3) is 0 Å². The topological polar surface area (TPSA) is 17.1 Å². The smallest absolute Gasteiger partial charge is 0.138 e. The second-order valence-electron chi connectivity index (χ2n) is 6.16. The molecule has 1 heteroatoms. The third kappa shape index (κ3) is 3.81. The lowest BCUT2D eigenvalue weighted by molar-refractivity contribution is -0.129. The zero-order chi connectivity index (χ0) is 11.6. The first kappa shape index (κ1) is 13.7. The highest BCUT2D eigenvalue weighted by Gasteiger charge is 2.34. The van der Waals surface area contributed by atoms with Gasteiger partial charge in [0.2, 0.25) is 0 Å². The predicted molar refractivity (Wildman–Crippen MR) is 62.3 cm³/mol. The Bertz CT molecular complexity index is 196. The Hall–Kier alpha value is -0.330. The van der Waals surface area contributed by atoms with Crippen LogP contribution in [0.3, 0.4) is 0 Å². The molecule has 0 bridgehead atoms. The largest absolute Gasteiger partial charge is 0.299 e. The highest BCUT2D eigenvalue weighted by molar-refractivity contribution is 5.84. The maximum absolute atomic E-state index is 11.8. The van der Waals surface area contributed by atoms with Gasteiger partial charge in [-0.25, -0.2) is 0 Å². The number of carbonyl (C=O) groups is 1. The lowest BCUT2D eigenvalue weighted by atomic mass is 9.69. The van der Waals surface area contributed by atoms with Gasteiger partial charge in [-0.2, -0.15) is 0 Å². The Balaban J connectivity index is 4.51. The van der Waals surface area contributed by atoms with Gasteiger partial charge in [0, 0.05) is 11.8 Å². The van der Waals surface area contributed by atoms with Crippen LogP contribution in [-0.4, -0.2) is 5.78 Å². The summed E-state index contributed by atoms with van der Waals surface area (Å²) < 4.78 is 0. The van der Waals surface area contributed by atoms with Crippen molar-refractivity contribution in [3.63, 3.8) is 0 Å². The predicted octanol–water partition coefficient (Wildman–Crippen LogP) is 4.06. The summed E-state index contributed by atoms with van der Waals surface area (Å²) in [7, 11) is 0. The Morgan fingerprint density at radius 2 is 1.57 bits per heavy atom. The van der Waals surface area contributed by atoms with Crippen molar-refractivity contribution in [1.82, 2.24) is 0 Å². The third-order valence-corrected chi connectivity index (χ3v) is 3.19. The van der Waals surface area contributed by atoms with Crippen LogP contribution >= 0.6 is 0 Å². The molecule has 0 spiro atoms. The summed E-state index contributed by atoms with van der Waals surface area (Å²) in [6.07, 6.45) is 1.76. The van der Waals surface area contributed by atoms with E-state index in [2.05, 4.69) is 41.5 Å². The number of ketones is 1.